The van der Waals surface area contributed by atoms with Crippen molar-refractivity contribution in [2.75, 3.05) is 0 Å². The molecule has 2 aromatic rings. The van der Waals surface area contributed by atoms with Crippen LogP contribution in [0.15, 0.2) is 52.2 Å². The number of halogens is 2. The van der Waals surface area contributed by atoms with Crippen molar-refractivity contribution in [1.29, 1.82) is 0 Å². The van der Waals surface area contributed by atoms with Gasteiger partial charge in [0.2, 0.25) is 0 Å². The third-order valence-corrected chi connectivity index (χ3v) is 3.96. The van der Waals surface area contributed by atoms with Gasteiger partial charge in [-0.15, -0.1) is 11.6 Å². The first kappa shape index (κ1) is 15.1. The summed E-state index contributed by atoms with van der Waals surface area (Å²) >= 11 is 11.9. The minimum Gasteiger partial charge on any atom is -0.467 e. The Labute approximate surface area is 138 Å². The quantitative estimate of drug-likeness (QED) is 0.787. The van der Waals surface area contributed by atoms with Crippen LogP contribution in [0.25, 0.3) is 0 Å². The van der Waals surface area contributed by atoms with Crippen molar-refractivity contribution < 1.29 is 9.21 Å². The zero-order valence-corrected chi connectivity index (χ0v) is 13.4. The van der Waals surface area contributed by atoms with Crippen LogP contribution in [0, 0.1) is 0 Å². The number of alkyl halides is 1. The number of furan rings is 1. The van der Waals surface area contributed by atoms with Crippen molar-refractivity contribution in [2.45, 2.75) is 24.8 Å². The van der Waals surface area contributed by atoms with Crippen molar-refractivity contribution in [3.8, 4) is 0 Å². The van der Waals surface area contributed by atoms with Crippen LogP contribution >= 0.6 is 23.2 Å². The predicted octanol–water partition coefficient (Wildman–Crippen LogP) is 4.24. The second-order valence-electron chi connectivity index (χ2n) is 5.09. The number of amides is 1. The van der Waals surface area contributed by atoms with E-state index in [2.05, 4.69) is 5.10 Å². The zero-order chi connectivity index (χ0) is 15.7. The molecule has 1 aliphatic heterocycles. The molecule has 0 radical (unpaired) electrons. The number of hydrogen-bond donors (Lipinski definition) is 0. The molecule has 4 nitrogen and oxygen atoms in total. The monoisotopic (exact) mass is 336 g/mol. The summed E-state index contributed by atoms with van der Waals surface area (Å²) in [6.45, 7) is 1.64. The Bertz CT molecular complexity index is 693. The van der Waals surface area contributed by atoms with Crippen molar-refractivity contribution in [3.05, 3.63) is 59.0 Å². The minimum absolute atomic E-state index is 0.243. The maximum Gasteiger partial charge on any atom is 0.261 e. The average molecular weight is 337 g/mol. The molecular weight excluding hydrogens is 323 g/mol. The van der Waals surface area contributed by atoms with Gasteiger partial charge in [-0.1, -0.05) is 23.7 Å². The fourth-order valence-electron chi connectivity index (χ4n) is 2.42. The van der Waals surface area contributed by atoms with Crippen LogP contribution < -0.4 is 0 Å². The molecule has 0 unspecified atom stereocenters. The summed E-state index contributed by atoms with van der Waals surface area (Å²) in [7, 11) is 0. The number of carbonyl (C=O) groups is 1. The highest BCUT2D eigenvalue weighted by atomic mass is 35.5. The SMILES string of the molecule is C[C@H](Cl)C(=O)N1N=C(c2ccc(Cl)cc2)C[C@@H]1c1ccco1. The Kier molecular flexibility index (Phi) is 4.23. The summed E-state index contributed by atoms with van der Waals surface area (Å²) in [4.78, 5) is 12.3. The summed E-state index contributed by atoms with van der Waals surface area (Å²) < 4.78 is 5.45. The Balaban J connectivity index is 1.94. The van der Waals surface area contributed by atoms with Gasteiger partial charge in [0.1, 0.15) is 17.2 Å². The molecule has 0 N–H and O–H groups in total. The maximum absolute atomic E-state index is 12.3. The molecular formula is C16H14Cl2N2O2. The van der Waals surface area contributed by atoms with Crippen molar-refractivity contribution in [2.24, 2.45) is 5.10 Å². The van der Waals surface area contributed by atoms with E-state index in [4.69, 9.17) is 27.6 Å². The van der Waals surface area contributed by atoms with E-state index in [-0.39, 0.29) is 11.9 Å². The number of hydrazone groups is 1. The lowest BCUT2D eigenvalue weighted by atomic mass is 10.0. The summed E-state index contributed by atoms with van der Waals surface area (Å²) in [6.07, 6.45) is 2.16. The van der Waals surface area contributed by atoms with E-state index in [1.165, 1.54) is 5.01 Å². The Morgan fingerprint density at radius 3 is 2.68 bits per heavy atom. The lowest BCUT2D eigenvalue weighted by Gasteiger charge is -2.20. The van der Waals surface area contributed by atoms with E-state index in [9.17, 15) is 4.79 Å². The fourth-order valence-corrected chi connectivity index (χ4v) is 2.64. The summed E-state index contributed by atoms with van der Waals surface area (Å²) in [5, 5.41) is 5.89. The third-order valence-electron chi connectivity index (χ3n) is 3.53. The van der Waals surface area contributed by atoms with Crippen LogP contribution in [0.2, 0.25) is 5.02 Å². The summed E-state index contributed by atoms with van der Waals surface area (Å²) in [6, 6.07) is 10.7. The predicted molar refractivity (Wildman–Crippen MR) is 86.2 cm³/mol. The average Bonchev–Trinajstić information content (AvgIpc) is 3.16. The zero-order valence-electron chi connectivity index (χ0n) is 11.9. The van der Waals surface area contributed by atoms with Crippen molar-refractivity contribution in [1.82, 2.24) is 5.01 Å². The summed E-state index contributed by atoms with van der Waals surface area (Å²) in [5.41, 5.74) is 1.74. The molecule has 0 aliphatic carbocycles. The van der Waals surface area contributed by atoms with Crippen LogP contribution in [-0.2, 0) is 4.79 Å². The van der Waals surface area contributed by atoms with E-state index in [0.29, 0.717) is 17.2 Å². The third kappa shape index (κ3) is 2.89. The number of hydrogen-bond acceptors (Lipinski definition) is 3. The standard InChI is InChI=1S/C16H14Cl2N2O2/c1-10(17)16(21)20-14(15-3-2-8-22-15)9-13(19-20)11-4-6-12(18)7-5-11/h2-8,10,14H,9H2,1H3/t10-,14+/m0/s1. The lowest BCUT2D eigenvalue weighted by Crippen LogP contribution is -2.32. The molecule has 114 valence electrons. The molecule has 0 saturated heterocycles. The molecule has 2 atom stereocenters. The molecule has 1 aliphatic rings. The first-order valence-electron chi connectivity index (χ1n) is 6.90. The van der Waals surface area contributed by atoms with E-state index < -0.39 is 5.38 Å². The van der Waals surface area contributed by atoms with Gasteiger partial charge in [-0.3, -0.25) is 4.79 Å². The maximum atomic E-state index is 12.3. The minimum atomic E-state index is -0.647. The normalized spacial score (nSPS) is 19.1. The van der Waals surface area contributed by atoms with Crippen molar-refractivity contribution in [3.63, 3.8) is 0 Å². The van der Waals surface area contributed by atoms with Crippen LogP contribution in [0.4, 0.5) is 0 Å². The topological polar surface area (TPSA) is 45.8 Å². The number of nitrogens with zero attached hydrogens (tertiary/aromatic N) is 2. The molecule has 1 aromatic carbocycles. The highest BCUT2D eigenvalue weighted by Crippen LogP contribution is 2.34. The van der Waals surface area contributed by atoms with E-state index in [1.807, 2.05) is 18.2 Å². The first-order chi connectivity index (χ1) is 10.6. The van der Waals surface area contributed by atoms with Gasteiger partial charge in [0.05, 0.1) is 12.0 Å². The van der Waals surface area contributed by atoms with Crippen LogP contribution in [0.5, 0.6) is 0 Å². The molecule has 0 bridgehead atoms. The van der Waals surface area contributed by atoms with Crippen molar-refractivity contribution >= 4 is 34.8 Å². The van der Waals surface area contributed by atoms with Gasteiger partial charge >= 0.3 is 0 Å². The van der Waals surface area contributed by atoms with Gasteiger partial charge in [-0.25, -0.2) is 5.01 Å². The van der Waals surface area contributed by atoms with Gasteiger partial charge in [0.25, 0.3) is 5.91 Å². The van der Waals surface area contributed by atoms with E-state index >= 15 is 0 Å². The molecule has 22 heavy (non-hydrogen) atoms. The lowest BCUT2D eigenvalue weighted by molar-refractivity contribution is -0.132. The van der Waals surface area contributed by atoms with Crippen LogP contribution in [0.3, 0.4) is 0 Å². The Hall–Kier alpha value is -1.78. The highest BCUT2D eigenvalue weighted by molar-refractivity contribution is 6.31. The Morgan fingerprint density at radius 1 is 1.36 bits per heavy atom. The van der Waals surface area contributed by atoms with Crippen LogP contribution in [-0.4, -0.2) is 22.0 Å². The molecule has 1 aromatic heterocycles. The first-order valence-corrected chi connectivity index (χ1v) is 7.71. The molecule has 6 heteroatoms. The smallest absolute Gasteiger partial charge is 0.261 e. The molecule has 0 fully saturated rings. The molecule has 3 rings (SSSR count). The molecule has 1 amide bonds. The van der Waals surface area contributed by atoms with Gasteiger partial charge in [-0.05, 0) is 36.8 Å². The van der Waals surface area contributed by atoms with Crippen LogP contribution in [0.1, 0.15) is 30.7 Å². The molecule has 0 spiro atoms. The number of carbonyl (C=O) groups excluding carboxylic acids is 1. The van der Waals surface area contributed by atoms with Gasteiger partial charge in [0.15, 0.2) is 0 Å². The second-order valence-corrected chi connectivity index (χ2v) is 6.18. The molecule has 2 heterocycles. The number of benzene rings is 1. The van der Waals surface area contributed by atoms with E-state index in [1.54, 1.807) is 31.4 Å². The fraction of sp³-hybridized carbons (Fsp3) is 0.250. The number of rotatable bonds is 3. The summed E-state index contributed by atoms with van der Waals surface area (Å²) in [5.74, 6) is 0.449. The second kappa shape index (κ2) is 6.15. The van der Waals surface area contributed by atoms with Gasteiger partial charge in [0, 0.05) is 11.4 Å². The van der Waals surface area contributed by atoms with Gasteiger partial charge < -0.3 is 4.42 Å². The van der Waals surface area contributed by atoms with E-state index in [0.717, 1.165) is 11.3 Å². The Morgan fingerprint density at radius 2 is 2.09 bits per heavy atom. The van der Waals surface area contributed by atoms with Gasteiger partial charge in [-0.2, -0.15) is 5.10 Å². The largest absolute Gasteiger partial charge is 0.467 e. The molecule has 0 saturated carbocycles. The highest BCUT2D eigenvalue weighted by Gasteiger charge is 2.36.